The largest absolute Gasteiger partial charge is 0.492 e. The number of likely N-dealkylation sites (tertiary alicyclic amines) is 1. The molecule has 2 aliphatic rings. The molecular formula is C17H23FN2O4S. The zero-order valence-corrected chi connectivity index (χ0v) is 14.9. The second-order valence-corrected chi connectivity index (χ2v) is 8.55. The zero-order chi connectivity index (χ0) is 17.9. The lowest BCUT2D eigenvalue weighted by molar-refractivity contribution is -0.130. The predicted molar refractivity (Wildman–Crippen MR) is 91.2 cm³/mol. The molecule has 0 N–H and O–H groups in total. The number of ether oxygens (including phenoxy) is 1. The molecule has 1 aromatic carbocycles. The monoisotopic (exact) mass is 370 g/mol. The highest BCUT2D eigenvalue weighted by molar-refractivity contribution is 7.89. The van der Waals surface area contributed by atoms with Crippen molar-refractivity contribution in [2.24, 2.45) is 0 Å². The van der Waals surface area contributed by atoms with Gasteiger partial charge in [0.15, 0.2) is 0 Å². The SMILES string of the molecule is O=C1CCCN1C1CCCN(S(=O)(=O)CCOc2ccc(F)cc2)C1. The highest BCUT2D eigenvalue weighted by Crippen LogP contribution is 2.23. The quantitative estimate of drug-likeness (QED) is 0.763. The van der Waals surface area contributed by atoms with E-state index in [4.69, 9.17) is 4.74 Å². The third kappa shape index (κ3) is 4.49. The Morgan fingerprint density at radius 1 is 1.16 bits per heavy atom. The van der Waals surface area contributed by atoms with Gasteiger partial charge in [-0.05, 0) is 43.5 Å². The van der Waals surface area contributed by atoms with Crippen LogP contribution in [0, 0.1) is 5.82 Å². The van der Waals surface area contributed by atoms with Crippen molar-refractivity contribution in [1.29, 1.82) is 0 Å². The summed E-state index contributed by atoms with van der Waals surface area (Å²) in [5.74, 6) is 0.0702. The van der Waals surface area contributed by atoms with E-state index in [1.807, 2.05) is 4.90 Å². The van der Waals surface area contributed by atoms with Gasteiger partial charge < -0.3 is 9.64 Å². The van der Waals surface area contributed by atoms with E-state index in [1.54, 1.807) is 0 Å². The molecular weight excluding hydrogens is 347 g/mol. The van der Waals surface area contributed by atoms with E-state index in [-0.39, 0.29) is 30.1 Å². The van der Waals surface area contributed by atoms with Gasteiger partial charge in [0, 0.05) is 32.1 Å². The molecule has 6 nitrogen and oxygen atoms in total. The molecule has 8 heteroatoms. The smallest absolute Gasteiger partial charge is 0.222 e. The molecule has 3 rings (SSSR count). The summed E-state index contributed by atoms with van der Waals surface area (Å²) in [5, 5.41) is 0. The Morgan fingerprint density at radius 2 is 1.92 bits per heavy atom. The molecule has 2 aliphatic heterocycles. The van der Waals surface area contributed by atoms with Crippen molar-refractivity contribution in [3.05, 3.63) is 30.1 Å². The first-order chi connectivity index (χ1) is 12.0. The van der Waals surface area contributed by atoms with Crippen molar-refractivity contribution in [3.8, 4) is 5.75 Å². The summed E-state index contributed by atoms with van der Waals surface area (Å²) >= 11 is 0. The molecule has 1 atom stereocenters. The first kappa shape index (κ1) is 18.1. The average molecular weight is 370 g/mol. The first-order valence-corrected chi connectivity index (χ1v) is 10.2. The van der Waals surface area contributed by atoms with Crippen molar-refractivity contribution < 1.29 is 22.3 Å². The number of amides is 1. The summed E-state index contributed by atoms with van der Waals surface area (Å²) in [4.78, 5) is 13.7. The highest BCUT2D eigenvalue weighted by atomic mass is 32.2. The third-order valence-corrected chi connectivity index (χ3v) is 6.53. The number of sulfonamides is 1. The number of hydrogen-bond acceptors (Lipinski definition) is 4. The van der Waals surface area contributed by atoms with E-state index in [1.165, 1.54) is 28.6 Å². The average Bonchev–Trinajstić information content (AvgIpc) is 3.03. The van der Waals surface area contributed by atoms with Crippen LogP contribution in [0.25, 0.3) is 0 Å². The van der Waals surface area contributed by atoms with Gasteiger partial charge in [0.2, 0.25) is 15.9 Å². The fraction of sp³-hybridized carbons (Fsp3) is 0.588. The third-order valence-electron chi connectivity index (χ3n) is 4.73. The van der Waals surface area contributed by atoms with Crippen LogP contribution in [0.2, 0.25) is 0 Å². The van der Waals surface area contributed by atoms with Gasteiger partial charge >= 0.3 is 0 Å². The number of carbonyl (C=O) groups excluding carboxylic acids is 1. The molecule has 0 spiro atoms. The number of rotatable bonds is 6. The van der Waals surface area contributed by atoms with Crippen LogP contribution in [-0.2, 0) is 14.8 Å². The van der Waals surface area contributed by atoms with E-state index in [2.05, 4.69) is 0 Å². The molecule has 1 aromatic rings. The number of carbonyl (C=O) groups is 1. The molecule has 1 unspecified atom stereocenters. The molecule has 2 heterocycles. The maximum atomic E-state index is 12.8. The van der Waals surface area contributed by atoms with Gasteiger partial charge in [-0.1, -0.05) is 0 Å². The molecule has 25 heavy (non-hydrogen) atoms. The van der Waals surface area contributed by atoms with Crippen LogP contribution >= 0.6 is 0 Å². The minimum absolute atomic E-state index is 0.0117. The number of piperidine rings is 1. The summed E-state index contributed by atoms with van der Waals surface area (Å²) in [7, 11) is -3.45. The van der Waals surface area contributed by atoms with Gasteiger partial charge in [-0.15, -0.1) is 0 Å². The Kier molecular flexibility index (Phi) is 5.58. The van der Waals surface area contributed by atoms with E-state index in [0.29, 0.717) is 25.3 Å². The second-order valence-electron chi connectivity index (χ2n) is 6.46. The standard InChI is InChI=1S/C17H23FN2O4S/c18-14-5-7-16(8-6-14)24-11-12-25(22,23)19-9-1-3-15(13-19)20-10-2-4-17(20)21/h5-8,15H,1-4,9-13H2. The number of nitrogens with zero attached hydrogens (tertiary/aromatic N) is 2. The Morgan fingerprint density at radius 3 is 2.60 bits per heavy atom. The molecule has 0 bridgehead atoms. The fourth-order valence-electron chi connectivity index (χ4n) is 3.41. The van der Waals surface area contributed by atoms with Crippen LogP contribution in [0.5, 0.6) is 5.75 Å². The van der Waals surface area contributed by atoms with Crippen molar-refractivity contribution in [1.82, 2.24) is 9.21 Å². The van der Waals surface area contributed by atoms with Gasteiger partial charge in [0.25, 0.3) is 0 Å². The summed E-state index contributed by atoms with van der Waals surface area (Å²) in [5.41, 5.74) is 0. The lowest BCUT2D eigenvalue weighted by Crippen LogP contribution is -2.50. The highest BCUT2D eigenvalue weighted by Gasteiger charge is 2.35. The minimum atomic E-state index is -3.45. The molecule has 0 radical (unpaired) electrons. The van der Waals surface area contributed by atoms with Crippen molar-refractivity contribution in [2.45, 2.75) is 31.7 Å². The number of halogens is 1. The van der Waals surface area contributed by atoms with Crippen molar-refractivity contribution in [2.75, 3.05) is 32.0 Å². The van der Waals surface area contributed by atoms with Gasteiger partial charge in [-0.2, -0.15) is 4.31 Å². The Balaban J connectivity index is 1.54. The minimum Gasteiger partial charge on any atom is -0.492 e. The lowest BCUT2D eigenvalue weighted by atomic mass is 10.1. The Hall–Kier alpha value is -1.67. The van der Waals surface area contributed by atoms with E-state index in [9.17, 15) is 17.6 Å². The fourth-order valence-corrected chi connectivity index (χ4v) is 4.77. The Bertz CT molecular complexity index is 708. The molecule has 0 aromatic heterocycles. The van der Waals surface area contributed by atoms with Crippen LogP contribution in [0.15, 0.2) is 24.3 Å². The van der Waals surface area contributed by atoms with Crippen LogP contribution in [0.3, 0.4) is 0 Å². The van der Waals surface area contributed by atoms with Crippen LogP contribution in [0.4, 0.5) is 4.39 Å². The number of benzene rings is 1. The molecule has 0 aliphatic carbocycles. The first-order valence-electron chi connectivity index (χ1n) is 8.61. The number of hydrogen-bond donors (Lipinski definition) is 0. The summed E-state index contributed by atoms with van der Waals surface area (Å²) in [6, 6.07) is 5.46. The lowest BCUT2D eigenvalue weighted by Gasteiger charge is -2.36. The van der Waals surface area contributed by atoms with E-state index >= 15 is 0 Å². The summed E-state index contributed by atoms with van der Waals surface area (Å²) in [6.07, 6.45) is 3.03. The second kappa shape index (κ2) is 7.70. The zero-order valence-electron chi connectivity index (χ0n) is 14.1. The summed E-state index contributed by atoms with van der Waals surface area (Å²) < 4.78 is 44.8. The van der Waals surface area contributed by atoms with Gasteiger partial charge in [-0.25, -0.2) is 12.8 Å². The van der Waals surface area contributed by atoms with Gasteiger partial charge in [-0.3, -0.25) is 4.79 Å². The molecule has 138 valence electrons. The molecule has 2 saturated heterocycles. The van der Waals surface area contributed by atoms with Crippen LogP contribution in [-0.4, -0.2) is 61.6 Å². The normalized spacial score (nSPS) is 22.4. The van der Waals surface area contributed by atoms with E-state index in [0.717, 1.165) is 25.8 Å². The van der Waals surface area contributed by atoms with E-state index < -0.39 is 10.0 Å². The summed E-state index contributed by atoms with van der Waals surface area (Å²) in [6.45, 7) is 1.59. The van der Waals surface area contributed by atoms with Gasteiger partial charge in [0.1, 0.15) is 18.2 Å². The van der Waals surface area contributed by atoms with Crippen molar-refractivity contribution in [3.63, 3.8) is 0 Å². The maximum Gasteiger partial charge on any atom is 0.222 e. The van der Waals surface area contributed by atoms with Crippen LogP contribution < -0.4 is 4.74 Å². The molecule has 0 saturated carbocycles. The topological polar surface area (TPSA) is 66.9 Å². The predicted octanol–water partition coefficient (Wildman–Crippen LogP) is 1.62. The molecule has 2 fully saturated rings. The van der Waals surface area contributed by atoms with Crippen LogP contribution in [0.1, 0.15) is 25.7 Å². The molecule has 1 amide bonds. The Labute approximate surface area is 147 Å². The maximum absolute atomic E-state index is 12.8. The van der Waals surface area contributed by atoms with Crippen molar-refractivity contribution >= 4 is 15.9 Å². The van der Waals surface area contributed by atoms with Gasteiger partial charge in [0.05, 0.1) is 5.75 Å².